The molecule has 1 atom stereocenters. The van der Waals surface area contributed by atoms with Gasteiger partial charge in [-0.2, -0.15) is 0 Å². The maximum absolute atomic E-state index is 3.46. The second-order valence-corrected chi connectivity index (χ2v) is 4.59. The molecule has 0 spiro atoms. The van der Waals surface area contributed by atoms with Crippen LogP contribution in [-0.4, -0.2) is 11.1 Å². The minimum atomic E-state index is 0.456. The normalized spacial score (nSPS) is 13.4. The van der Waals surface area contributed by atoms with Gasteiger partial charge < -0.3 is 9.88 Å². The molecule has 0 bridgehead atoms. The third-order valence-electron chi connectivity index (χ3n) is 2.77. The van der Waals surface area contributed by atoms with Crippen molar-refractivity contribution in [2.75, 3.05) is 6.54 Å². The molecule has 0 saturated carbocycles. The molecule has 1 heterocycles. The van der Waals surface area contributed by atoms with Gasteiger partial charge in [-0.1, -0.05) is 20.8 Å². The summed E-state index contributed by atoms with van der Waals surface area (Å²) in [5, 5.41) is 3.46. The number of hydrogen-bond acceptors (Lipinski definition) is 1. The minimum absolute atomic E-state index is 0.456. The fraction of sp³-hybridized carbons (Fsp3) is 0.692. The molecule has 0 radical (unpaired) electrons. The number of nitrogens with zero attached hydrogens (tertiary/aromatic N) is 1. The van der Waals surface area contributed by atoms with Crippen LogP contribution in [0.2, 0.25) is 0 Å². The summed E-state index contributed by atoms with van der Waals surface area (Å²) in [6.45, 7) is 11.1. The molecule has 0 fully saturated rings. The smallest absolute Gasteiger partial charge is 0.0446 e. The Hall–Kier alpha value is -0.760. The van der Waals surface area contributed by atoms with Crippen LogP contribution < -0.4 is 5.32 Å². The van der Waals surface area contributed by atoms with Gasteiger partial charge in [-0.15, -0.1) is 0 Å². The van der Waals surface area contributed by atoms with Crippen molar-refractivity contribution in [3.8, 4) is 0 Å². The zero-order chi connectivity index (χ0) is 11.3. The van der Waals surface area contributed by atoms with Crippen molar-refractivity contribution in [2.45, 2.75) is 46.7 Å². The summed E-state index contributed by atoms with van der Waals surface area (Å²) in [5.74, 6) is 0.773. The lowest BCUT2D eigenvalue weighted by atomic mass is 10.1. The second kappa shape index (κ2) is 5.96. The van der Waals surface area contributed by atoms with Gasteiger partial charge >= 0.3 is 0 Å². The summed E-state index contributed by atoms with van der Waals surface area (Å²) in [4.78, 5) is 0. The van der Waals surface area contributed by atoms with E-state index in [0.29, 0.717) is 6.04 Å². The minimum Gasteiger partial charge on any atom is -0.350 e. The quantitative estimate of drug-likeness (QED) is 0.759. The van der Waals surface area contributed by atoms with E-state index in [9.17, 15) is 0 Å². The van der Waals surface area contributed by atoms with Gasteiger partial charge in [0.05, 0.1) is 0 Å². The van der Waals surface area contributed by atoms with Gasteiger partial charge in [-0.05, 0) is 37.9 Å². The summed E-state index contributed by atoms with van der Waals surface area (Å²) in [5.41, 5.74) is 1.40. The van der Waals surface area contributed by atoms with Gasteiger partial charge in [0, 0.05) is 24.5 Å². The third kappa shape index (κ3) is 3.71. The molecule has 0 aliphatic carbocycles. The van der Waals surface area contributed by atoms with Crippen molar-refractivity contribution < 1.29 is 0 Å². The van der Waals surface area contributed by atoms with Crippen molar-refractivity contribution in [3.05, 3.63) is 24.0 Å². The lowest BCUT2D eigenvalue weighted by Crippen LogP contribution is -2.20. The second-order valence-electron chi connectivity index (χ2n) is 4.59. The zero-order valence-electron chi connectivity index (χ0n) is 10.5. The maximum atomic E-state index is 3.46. The summed E-state index contributed by atoms with van der Waals surface area (Å²) >= 11 is 0. The Morgan fingerprint density at radius 3 is 2.67 bits per heavy atom. The number of aryl methyl sites for hydroxylation is 1. The summed E-state index contributed by atoms with van der Waals surface area (Å²) < 4.78 is 2.37. The van der Waals surface area contributed by atoms with Gasteiger partial charge in [-0.25, -0.2) is 0 Å². The van der Waals surface area contributed by atoms with Crippen molar-refractivity contribution in [3.63, 3.8) is 0 Å². The van der Waals surface area contributed by atoms with Crippen LogP contribution in [0.5, 0.6) is 0 Å². The lowest BCUT2D eigenvalue weighted by Gasteiger charge is -2.17. The van der Waals surface area contributed by atoms with E-state index in [1.165, 1.54) is 12.1 Å². The Bertz CT molecular complexity index is 276. The Labute approximate surface area is 93.7 Å². The van der Waals surface area contributed by atoms with Crippen molar-refractivity contribution in [1.29, 1.82) is 0 Å². The topological polar surface area (TPSA) is 17.0 Å². The predicted molar refractivity (Wildman–Crippen MR) is 66.0 cm³/mol. The molecule has 86 valence electrons. The van der Waals surface area contributed by atoms with Gasteiger partial charge in [0.1, 0.15) is 0 Å². The van der Waals surface area contributed by atoms with E-state index >= 15 is 0 Å². The molecule has 2 nitrogen and oxygen atoms in total. The van der Waals surface area contributed by atoms with Crippen LogP contribution in [0.1, 0.15) is 45.9 Å². The highest BCUT2D eigenvalue weighted by Gasteiger charge is 2.08. The van der Waals surface area contributed by atoms with E-state index in [1.54, 1.807) is 0 Å². The van der Waals surface area contributed by atoms with Gasteiger partial charge in [0.2, 0.25) is 0 Å². The average molecular weight is 208 g/mol. The first kappa shape index (κ1) is 12.3. The first-order chi connectivity index (χ1) is 7.15. The molecule has 0 saturated heterocycles. The van der Waals surface area contributed by atoms with Crippen LogP contribution in [0, 0.1) is 5.92 Å². The maximum Gasteiger partial charge on any atom is 0.0446 e. The number of rotatable bonds is 6. The number of aromatic nitrogens is 1. The van der Waals surface area contributed by atoms with Crippen LogP contribution >= 0.6 is 0 Å². The van der Waals surface area contributed by atoms with Crippen LogP contribution in [0.15, 0.2) is 18.3 Å². The van der Waals surface area contributed by atoms with E-state index in [1.807, 2.05) is 0 Å². The van der Waals surface area contributed by atoms with Gasteiger partial charge in [0.25, 0.3) is 0 Å². The van der Waals surface area contributed by atoms with Crippen LogP contribution in [0.4, 0.5) is 0 Å². The molecular weight excluding hydrogens is 184 g/mol. The fourth-order valence-electron chi connectivity index (χ4n) is 1.83. The van der Waals surface area contributed by atoms with Crippen LogP contribution in [0.3, 0.4) is 0 Å². The van der Waals surface area contributed by atoms with E-state index < -0.39 is 0 Å². The highest BCUT2D eigenvalue weighted by Crippen LogP contribution is 2.14. The molecule has 1 aromatic heterocycles. The summed E-state index contributed by atoms with van der Waals surface area (Å²) in [6, 6.07) is 4.81. The average Bonchev–Trinajstić information content (AvgIpc) is 2.62. The summed E-state index contributed by atoms with van der Waals surface area (Å²) in [6.07, 6.45) is 3.44. The first-order valence-corrected chi connectivity index (χ1v) is 6.03. The largest absolute Gasteiger partial charge is 0.350 e. The molecule has 0 aromatic carbocycles. The molecule has 1 rings (SSSR count). The molecular formula is C13H24N2. The van der Waals surface area contributed by atoms with Crippen molar-refractivity contribution in [1.82, 2.24) is 9.88 Å². The van der Waals surface area contributed by atoms with Gasteiger partial charge in [0.15, 0.2) is 0 Å². The molecule has 0 amide bonds. The Balaban J connectivity index is 2.60. The molecule has 1 aromatic rings. The Kier molecular flexibility index (Phi) is 4.89. The Morgan fingerprint density at radius 1 is 1.33 bits per heavy atom. The van der Waals surface area contributed by atoms with E-state index in [2.05, 4.69) is 55.9 Å². The van der Waals surface area contributed by atoms with E-state index in [0.717, 1.165) is 19.0 Å². The summed E-state index contributed by atoms with van der Waals surface area (Å²) in [7, 11) is 0. The first-order valence-electron chi connectivity index (χ1n) is 6.03. The fourth-order valence-corrected chi connectivity index (χ4v) is 1.83. The van der Waals surface area contributed by atoms with Crippen molar-refractivity contribution >= 4 is 0 Å². The lowest BCUT2D eigenvalue weighted by molar-refractivity contribution is 0.482. The zero-order valence-corrected chi connectivity index (χ0v) is 10.5. The highest BCUT2D eigenvalue weighted by molar-refractivity contribution is 5.11. The highest BCUT2D eigenvalue weighted by atomic mass is 15.0. The SMILES string of the molecule is CCNC(C)c1cccn1CCC(C)C. The van der Waals surface area contributed by atoms with E-state index in [4.69, 9.17) is 0 Å². The standard InChI is InChI=1S/C13H24N2/c1-5-14-12(4)13-7-6-9-15(13)10-8-11(2)3/h6-7,9,11-12,14H,5,8,10H2,1-4H3. The van der Waals surface area contributed by atoms with Crippen LogP contribution in [0.25, 0.3) is 0 Å². The number of nitrogens with one attached hydrogen (secondary N) is 1. The third-order valence-corrected chi connectivity index (χ3v) is 2.77. The molecule has 2 heteroatoms. The van der Waals surface area contributed by atoms with E-state index in [-0.39, 0.29) is 0 Å². The monoisotopic (exact) mass is 208 g/mol. The Morgan fingerprint density at radius 2 is 2.07 bits per heavy atom. The van der Waals surface area contributed by atoms with Gasteiger partial charge in [-0.3, -0.25) is 0 Å². The molecule has 1 unspecified atom stereocenters. The molecule has 15 heavy (non-hydrogen) atoms. The molecule has 0 aliphatic rings. The number of hydrogen-bond donors (Lipinski definition) is 1. The van der Waals surface area contributed by atoms with Crippen molar-refractivity contribution in [2.24, 2.45) is 5.92 Å². The molecule has 0 aliphatic heterocycles. The molecule has 1 N–H and O–H groups in total. The predicted octanol–water partition coefficient (Wildman–Crippen LogP) is 3.20. The van der Waals surface area contributed by atoms with Crippen LogP contribution in [-0.2, 0) is 6.54 Å².